The third-order valence-corrected chi connectivity index (χ3v) is 7.80. The highest BCUT2D eigenvalue weighted by Crippen LogP contribution is 2.39. The van der Waals surface area contributed by atoms with Crippen molar-refractivity contribution >= 4 is 17.5 Å². The van der Waals surface area contributed by atoms with Crippen molar-refractivity contribution in [3.63, 3.8) is 0 Å². The van der Waals surface area contributed by atoms with Crippen LogP contribution in [-0.4, -0.2) is 33.7 Å². The number of aromatic amines is 1. The van der Waals surface area contributed by atoms with Crippen molar-refractivity contribution < 1.29 is 14.7 Å². The maximum Gasteiger partial charge on any atom is 0.258 e. The van der Waals surface area contributed by atoms with Gasteiger partial charge in [0, 0.05) is 35.3 Å². The molecule has 3 aromatic carbocycles. The van der Waals surface area contributed by atoms with Crippen LogP contribution in [0.5, 0.6) is 5.75 Å². The zero-order valence-electron chi connectivity index (χ0n) is 21.8. The quantitative estimate of drug-likeness (QED) is 0.250. The molecule has 0 saturated heterocycles. The maximum absolute atomic E-state index is 12.9. The lowest BCUT2D eigenvalue weighted by Crippen LogP contribution is -2.28. The molecule has 1 atom stereocenters. The van der Waals surface area contributed by atoms with Crippen molar-refractivity contribution in [2.24, 2.45) is 0 Å². The molecule has 1 fully saturated rings. The van der Waals surface area contributed by atoms with Gasteiger partial charge in [-0.15, -0.1) is 0 Å². The summed E-state index contributed by atoms with van der Waals surface area (Å²) in [6.07, 6.45) is 5.15. The number of benzene rings is 3. The third-order valence-electron chi connectivity index (χ3n) is 7.80. The number of fused-ring (bicyclic) bond motifs is 1. The van der Waals surface area contributed by atoms with Crippen molar-refractivity contribution in [3.8, 4) is 5.75 Å². The molecule has 2 aliphatic rings. The highest BCUT2D eigenvalue weighted by atomic mass is 16.3. The number of aromatic hydroxyl groups is 1. The molecule has 0 radical (unpaired) electrons. The number of nitrogens with one attached hydrogen (secondary N) is 2. The van der Waals surface area contributed by atoms with Crippen LogP contribution in [0.25, 0.3) is 0 Å². The topological polar surface area (TPSA) is 98.3 Å². The lowest BCUT2D eigenvalue weighted by molar-refractivity contribution is 0.0946. The number of phenolic OH excluding ortho intramolecular Hbond substituents is 1. The van der Waals surface area contributed by atoms with E-state index in [0.717, 1.165) is 47.3 Å². The molecule has 198 valence electrons. The van der Waals surface area contributed by atoms with E-state index in [1.54, 1.807) is 23.1 Å². The number of H-pyrrole nitrogens is 1. The van der Waals surface area contributed by atoms with Gasteiger partial charge in [-0.1, -0.05) is 42.5 Å². The van der Waals surface area contributed by atoms with Gasteiger partial charge in [0.2, 0.25) is 0 Å². The number of carbonyl (C=O) groups excluding carboxylic acids is 2. The van der Waals surface area contributed by atoms with Gasteiger partial charge in [0.1, 0.15) is 5.75 Å². The number of aryl methyl sites for hydroxylation is 1. The molecule has 1 unspecified atom stereocenters. The second-order valence-electron chi connectivity index (χ2n) is 10.5. The number of aromatic nitrogens is 2. The maximum atomic E-state index is 12.9. The predicted molar refractivity (Wildman–Crippen MR) is 150 cm³/mol. The number of rotatable bonds is 10. The fourth-order valence-electron chi connectivity index (χ4n) is 5.39. The molecule has 1 saturated carbocycles. The molecule has 4 aromatic rings. The Labute approximate surface area is 227 Å². The first-order chi connectivity index (χ1) is 19.1. The smallest absolute Gasteiger partial charge is 0.258 e. The van der Waals surface area contributed by atoms with Crippen LogP contribution in [0.3, 0.4) is 0 Å². The van der Waals surface area contributed by atoms with Crippen molar-refractivity contribution in [3.05, 3.63) is 113 Å². The van der Waals surface area contributed by atoms with E-state index in [2.05, 4.69) is 33.7 Å². The lowest BCUT2D eigenvalue weighted by atomic mass is 9.92. The van der Waals surface area contributed by atoms with E-state index < -0.39 is 0 Å². The largest absolute Gasteiger partial charge is 0.507 e. The molecule has 3 N–H and O–H groups in total. The van der Waals surface area contributed by atoms with E-state index in [1.165, 1.54) is 24.6 Å². The number of anilines is 1. The summed E-state index contributed by atoms with van der Waals surface area (Å²) in [7, 11) is 0. The van der Waals surface area contributed by atoms with E-state index in [9.17, 15) is 14.7 Å². The second-order valence-corrected chi connectivity index (χ2v) is 10.5. The Morgan fingerprint density at radius 2 is 1.82 bits per heavy atom. The first-order valence-corrected chi connectivity index (χ1v) is 13.7. The minimum atomic E-state index is -0.294. The summed E-state index contributed by atoms with van der Waals surface area (Å²) in [5, 5.41) is 20.8. The first-order valence-electron chi connectivity index (χ1n) is 13.7. The molecular weight excluding hydrogens is 488 g/mol. The molecule has 1 aliphatic heterocycles. The Balaban J connectivity index is 1.15. The molecule has 1 aromatic heterocycles. The van der Waals surface area contributed by atoms with Gasteiger partial charge in [-0.2, -0.15) is 5.10 Å². The molecule has 7 nitrogen and oxygen atoms in total. The number of amides is 2. The Bertz CT molecular complexity index is 1490. The number of para-hydroxylation sites is 1. The summed E-state index contributed by atoms with van der Waals surface area (Å²) in [5.74, 6) is 0.401. The summed E-state index contributed by atoms with van der Waals surface area (Å²) in [5.41, 5.74) is 6.35. The summed E-state index contributed by atoms with van der Waals surface area (Å²) >= 11 is 0. The molecule has 6 rings (SSSR count). The van der Waals surface area contributed by atoms with Crippen LogP contribution in [0.4, 0.5) is 5.69 Å². The van der Waals surface area contributed by atoms with Gasteiger partial charge in [0.15, 0.2) is 0 Å². The van der Waals surface area contributed by atoms with Gasteiger partial charge in [-0.3, -0.25) is 14.7 Å². The molecule has 2 heterocycles. The standard InChI is InChI=1S/C32H32N4O3/c37-30-11-4-3-10-28(30)31(38)33-19-23(7-5-8-25-18-29(35-34-25)22-12-13-22)21-14-16-26(17-15-21)36-20-24-6-1-2-9-27(24)32(36)39/h1-4,6,9-11,14-18,22-23,37H,5,7-8,12-13,19-20H2,(H,33,38)(H,34,35). The Morgan fingerprint density at radius 3 is 2.59 bits per heavy atom. The first kappa shape index (κ1) is 24.9. The molecule has 0 spiro atoms. The minimum Gasteiger partial charge on any atom is -0.507 e. The molecular formula is C32H32N4O3. The van der Waals surface area contributed by atoms with E-state index in [0.29, 0.717) is 19.0 Å². The van der Waals surface area contributed by atoms with Crippen LogP contribution in [0, 0.1) is 0 Å². The average molecular weight is 521 g/mol. The zero-order valence-corrected chi connectivity index (χ0v) is 21.8. The van der Waals surface area contributed by atoms with Gasteiger partial charge >= 0.3 is 0 Å². The number of hydrogen-bond acceptors (Lipinski definition) is 4. The monoisotopic (exact) mass is 520 g/mol. The van der Waals surface area contributed by atoms with E-state index in [4.69, 9.17) is 0 Å². The molecule has 1 aliphatic carbocycles. The van der Waals surface area contributed by atoms with Crippen LogP contribution in [0.1, 0.15) is 80.7 Å². The van der Waals surface area contributed by atoms with Gasteiger partial charge < -0.3 is 15.3 Å². The Kier molecular flexibility index (Phi) is 6.88. The van der Waals surface area contributed by atoms with Gasteiger partial charge in [-0.25, -0.2) is 0 Å². The number of phenols is 1. The van der Waals surface area contributed by atoms with Crippen molar-refractivity contribution in [1.82, 2.24) is 15.5 Å². The van der Waals surface area contributed by atoms with E-state index in [-0.39, 0.29) is 29.0 Å². The molecule has 7 heteroatoms. The number of nitrogens with zero attached hydrogens (tertiary/aromatic N) is 2. The predicted octanol–water partition coefficient (Wildman–Crippen LogP) is 5.69. The van der Waals surface area contributed by atoms with Crippen molar-refractivity contribution in [1.29, 1.82) is 0 Å². The fraction of sp³-hybridized carbons (Fsp3) is 0.281. The number of carbonyl (C=O) groups is 2. The van der Waals surface area contributed by atoms with Crippen LogP contribution >= 0.6 is 0 Å². The highest BCUT2D eigenvalue weighted by Gasteiger charge is 2.28. The molecule has 0 bridgehead atoms. The van der Waals surface area contributed by atoms with E-state index >= 15 is 0 Å². The summed E-state index contributed by atoms with van der Waals surface area (Å²) < 4.78 is 0. The van der Waals surface area contributed by atoms with Gasteiger partial charge in [-0.05, 0) is 79.6 Å². The van der Waals surface area contributed by atoms with Crippen molar-refractivity contribution in [2.45, 2.75) is 50.5 Å². The third kappa shape index (κ3) is 5.43. The molecule has 2 amide bonds. The van der Waals surface area contributed by atoms with Crippen LogP contribution in [0.15, 0.2) is 78.9 Å². The number of hydrogen-bond donors (Lipinski definition) is 3. The summed E-state index contributed by atoms with van der Waals surface area (Å²) in [4.78, 5) is 27.5. The Hall–Kier alpha value is -4.39. The average Bonchev–Trinajstić information content (AvgIpc) is 3.61. The van der Waals surface area contributed by atoms with Crippen molar-refractivity contribution in [2.75, 3.05) is 11.4 Å². The summed E-state index contributed by atoms with van der Waals surface area (Å²) in [6.45, 7) is 1.01. The van der Waals surface area contributed by atoms with Crippen LogP contribution in [0.2, 0.25) is 0 Å². The normalized spacial score (nSPS) is 15.3. The molecule has 39 heavy (non-hydrogen) atoms. The Morgan fingerprint density at radius 1 is 1.05 bits per heavy atom. The zero-order chi connectivity index (χ0) is 26.8. The fourth-order valence-corrected chi connectivity index (χ4v) is 5.39. The minimum absolute atomic E-state index is 0.0231. The van der Waals surface area contributed by atoms with Gasteiger partial charge in [0.25, 0.3) is 11.8 Å². The van der Waals surface area contributed by atoms with E-state index in [1.807, 2.05) is 36.4 Å². The second kappa shape index (κ2) is 10.8. The van der Waals surface area contributed by atoms with Crippen LogP contribution < -0.4 is 10.2 Å². The summed E-state index contributed by atoms with van der Waals surface area (Å²) in [6, 6.07) is 24.6. The van der Waals surface area contributed by atoms with Gasteiger partial charge in [0.05, 0.1) is 17.8 Å². The van der Waals surface area contributed by atoms with Crippen LogP contribution in [-0.2, 0) is 13.0 Å². The lowest BCUT2D eigenvalue weighted by Gasteiger charge is -2.21. The highest BCUT2D eigenvalue weighted by molar-refractivity contribution is 6.10. The SMILES string of the molecule is O=C(NCC(CCCc1cc(C2CC2)n[nH]1)c1ccc(N2Cc3ccccc3C2=O)cc1)c1ccccc1O.